The average molecular weight is 645 g/mol. The molecule has 5 unspecified atom stereocenters. The van der Waals surface area contributed by atoms with Gasteiger partial charge in [-0.05, 0) is 109 Å². The molecule has 5 nitrogen and oxygen atoms in total. The number of ether oxygens (including phenoxy) is 3. The van der Waals surface area contributed by atoms with Crippen molar-refractivity contribution in [2.75, 3.05) is 13.2 Å². The summed E-state index contributed by atoms with van der Waals surface area (Å²) in [6.07, 6.45) is 15.7. The maximum atomic E-state index is 13.1. The Morgan fingerprint density at radius 1 is 1.00 bits per heavy atom. The standard InChI is InChI=1S/C42H60O5/c1-9-30-13-15-31(16-14-30)34-25-32-17-18-33-36-20-19-35(29(6)12-10-11-27(2)3)41(36,7)22-21-37(33)42(32,8)26-38(34)47-40(44)46-24-23-45-39(43)28(4)5/h9,13-17,27,29,33-38H,1,4,10-12,18-26H2,2-3,5-8H3/t29-,33?,34?,35-,36?,37?,38?,41-,42+/m1/s1. The molecule has 47 heavy (non-hydrogen) atoms. The zero-order valence-corrected chi connectivity index (χ0v) is 30.0. The average Bonchev–Trinajstić information content (AvgIpc) is 3.39. The van der Waals surface area contributed by atoms with E-state index in [9.17, 15) is 9.59 Å². The topological polar surface area (TPSA) is 61.8 Å². The van der Waals surface area contributed by atoms with Crippen LogP contribution in [0.5, 0.6) is 0 Å². The normalized spacial score (nSPS) is 33.5. The SMILES string of the molecule is C=Cc1ccc(C2CC3=CCC4C(CC[C@@]5(C)C4CC[C@@H]5[C@H](C)CCCC(C)C)[C@@]3(C)CC2OC(=O)OCCOC(=O)C(=C)C)cc1. The second-order valence-electron chi connectivity index (χ2n) is 16.3. The number of benzene rings is 1. The van der Waals surface area contributed by atoms with Crippen molar-refractivity contribution < 1.29 is 23.8 Å². The monoisotopic (exact) mass is 644 g/mol. The Hall–Kier alpha value is -2.82. The van der Waals surface area contributed by atoms with Crippen LogP contribution in [-0.4, -0.2) is 31.4 Å². The summed E-state index contributed by atoms with van der Waals surface area (Å²) in [5, 5.41) is 0. The Labute approximate surface area is 284 Å². The minimum Gasteiger partial charge on any atom is -0.459 e. The summed E-state index contributed by atoms with van der Waals surface area (Å²) in [5.74, 6) is 4.02. The molecule has 3 saturated carbocycles. The van der Waals surface area contributed by atoms with Gasteiger partial charge in [-0.1, -0.05) is 109 Å². The molecule has 1 aromatic carbocycles. The molecule has 3 fully saturated rings. The maximum absolute atomic E-state index is 13.1. The highest BCUT2D eigenvalue weighted by Crippen LogP contribution is 2.68. The molecule has 0 amide bonds. The van der Waals surface area contributed by atoms with E-state index in [-0.39, 0.29) is 30.7 Å². The zero-order valence-electron chi connectivity index (χ0n) is 30.0. The van der Waals surface area contributed by atoms with Crippen LogP contribution in [0.2, 0.25) is 0 Å². The third-order valence-electron chi connectivity index (χ3n) is 13.1. The Kier molecular flexibility index (Phi) is 11.1. The van der Waals surface area contributed by atoms with Gasteiger partial charge in [0.05, 0.1) is 0 Å². The van der Waals surface area contributed by atoms with Gasteiger partial charge in [0.15, 0.2) is 0 Å². The first kappa shape index (κ1) is 35.5. The van der Waals surface area contributed by atoms with Gasteiger partial charge >= 0.3 is 12.1 Å². The molecule has 4 aliphatic rings. The lowest BCUT2D eigenvalue weighted by Crippen LogP contribution is -2.52. The van der Waals surface area contributed by atoms with Gasteiger partial charge in [-0.2, -0.15) is 0 Å². The Morgan fingerprint density at radius 2 is 1.72 bits per heavy atom. The summed E-state index contributed by atoms with van der Waals surface area (Å²) in [4.78, 5) is 24.8. The summed E-state index contributed by atoms with van der Waals surface area (Å²) < 4.78 is 16.7. The number of carbonyl (C=O) groups excluding carboxylic acids is 2. The predicted molar refractivity (Wildman–Crippen MR) is 190 cm³/mol. The Balaban J connectivity index is 1.33. The number of hydrogen-bond acceptors (Lipinski definition) is 5. The van der Waals surface area contributed by atoms with E-state index in [2.05, 4.69) is 78.1 Å². The highest BCUT2D eigenvalue weighted by Gasteiger charge is 2.60. The summed E-state index contributed by atoms with van der Waals surface area (Å²) in [7, 11) is 0. The molecule has 0 saturated heterocycles. The second-order valence-corrected chi connectivity index (χ2v) is 16.3. The van der Waals surface area contributed by atoms with Crippen molar-refractivity contribution in [2.24, 2.45) is 46.3 Å². The number of allylic oxidation sites excluding steroid dienone is 2. The highest BCUT2D eigenvalue weighted by atomic mass is 16.7. The minimum absolute atomic E-state index is 0.00919. The van der Waals surface area contributed by atoms with Crippen LogP contribution < -0.4 is 0 Å². The molecule has 5 rings (SSSR count). The lowest BCUT2D eigenvalue weighted by Gasteiger charge is -2.59. The van der Waals surface area contributed by atoms with Gasteiger partial charge in [0.2, 0.25) is 0 Å². The third-order valence-corrected chi connectivity index (χ3v) is 13.1. The van der Waals surface area contributed by atoms with E-state index >= 15 is 0 Å². The lowest BCUT2D eigenvalue weighted by atomic mass is 9.46. The number of fused-ring (bicyclic) bond motifs is 5. The summed E-state index contributed by atoms with van der Waals surface area (Å²) in [6.45, 7) is 21.4. The fourth-order valence-electron chi connectivity index (χ4n) is 10.6. The van der Waals surface area contributed by atoms with E-state index < -0.39 is 12.1 Å². The molecule has 0 heterocycles. The van der Waals surface area contributed by atoms with E-state index in [0.717, 1.165) is 42.1 Å². The predicted octanol–water partition coefficient (Wildman–Crippen LogP) is 10.7. The van der Waals surface area contributed by atoms with Gasteiger partial charge in [0, 0.05) is 11.5 Å². The van der Waals surface area contributed by atoms with Crippen LogP contribution in [0.4, 0.5) is 4.79 Å². The molecule has 0 bridgehead atoms. The molecule has 258 valence electrons. The van der Waals surface area contributed by atoms with Gasteiger partial charge < -0.3 is 14.2 Å². The summed E-state index contributed by atoms with van der Waals surface area (Å²) >= 11 is 0. The minimum atomic E-state index is -0.696. The molecule has 4 aliphatic carbocycles. The van der Waals surface area contributed by atoms with Gasteiger partial charge in [0.25, 0.3) is 0 Å². The van der Waals surface area contributed by atoms with Crippen molar-refractivity contribution in [2.45, 2.75) is 118 Å². The van der Waals surface area contributed by atoms with Crippen molar-refractivity contribution in [3.63, 3.8) is 0 Å². The van der Waals surface area contributed by atoms with Crippen LogP contribution in [-0.2, 0) is 19.0 Å². The molecule has 0 aromatic heterocycles. The van der Waals surface area contributed by atoms with Crippen LogP contribution in [0, 0.1) is 46.3 Å². The maximum Gasteiger partial charge on any atom is 0.508 e. The highest BCUT2D eigenvalue weighted by molar-refractivity contribution is 5.86. The van der Waals surface area contributed by atoms with Gasteiger partial charge in [-0.15, -0.1) is 0 Å². The van der Waals surface area contributed by atoms with Crippen LogP contribution in [0.3, 0.4) is 0 Å². The van der Waals surface area contributed by atoms with Crippen molar-refractivity contribution in [3.8, 4) is 0 Å². The fraction of sp³-hybridized carbons (Fsp3) is 0.667. The van der Waals surface area contributed by atoms with E-state index in [1.165, 1.54) is 56.9 Å². The number of hydrogen-bond donors (Lipinski definition) is 0. The first-order valence-electron chi connectivity index (χ1n) is 18.4. The quantitative estimate of drug-likeness (QED) is 0.0980. The van der Waals surface area contributed by atoms with Crippen molar-refractivity contribution in [3.05, 3.63) is 65.8 Å². The van der Waals surface area contributed by atoms with Crippen molar-refractivity contribution in [1.82, 2.24) is 0 Å². The van der Waals surface area contributed by atoms with E-state index in [1.54, 1.807) is 12.5 Å². The molecule has 0 N–H and O–H groups in total. The summed E-state index contributed by atoms with van der Waals surface area (Å²) in [5.41, 5.74) is 4.54. The number of rotatable bonds is 12. The second kappa shape index (κ2) is 14.7. The first-order valence-corrected chi connectivity index (χ1v) is 18.4. The number of esters is 1. The molecule has 0 aliphatic heterocycles. The molecule has 9 atom stereocenters. The molecular weight excluding hydrogens is 584 g/mol. The zero-order chi connectivity index (χ0) is 33.9. The van der Waals surface area contributed by atoms with Crippen LogP contribution in [0.15, 0.2) is 54.6 Å². The van der Waals surface area contributed by atoms with Crippen molar-refractivity contribution in [1.29, 1.82) is 0 Å². The van der Waals surface area contributed by atoms with Crippen LogP contribution in [0.1, 0.15) is 123 Å². The molecule has 0 spiro atoms. The molecular formula is C42H60O5. The number of carbonyl (C=O) groups is 2. The molecule has 1 aromatic rings. The largest absolute Gasteiger partial charge is 0.508 e. The van der Waals surface area contributed by atoms with Crippen LogP contribution >= 0.6 is 0 Å². The van der Waals surface area contributed by atoms with Gasteiger partial charge in [-0.25, -0.2) is 9.59 Å². The Bertz CT molecular complexity index is 1320. The van der Waals surface area contributed by atoms with E-state index in [4.69, 9.17) is 14.2 Å². The molecule has 5 heteroatoms. The molecule has 0 radical (unpaired) electrons. The van der Waals surface area contributed by atoms with Crippen molar-refractivity contribution >= 4 is 18.2 Å². The van der Waals surface area contributed by atoms with Gasteiger partial charge in [-0.3, -0.25) is 0 Å². The van der Waals surface area contributed by atoms with Crippen LogP contribution in [0.25, 0.3) is 6.08 Å². The Morgan fingerprint density at radius 3 is 2.40 bits per heavy atom. The van der Waals surface area contributed by atoms with E-state index in [0.29, 0.717) is 22.8 Å². The fourth-order valence-corrected chi connectivity index (χ4v) is 10.6. The van der Waals surface area contributed by atoms with Gasteiger partial charge in [0.1, 0.15) is 19.3 Å². The lowest BCUT2D eigenvalue weighted by molar-refractivity contribution is -0.140. The summed E-state index contributed by atoms with van der Waals surface area (Å²) in [6, 6.07) is 8.49. The first-order chi connectivity index (χ1) is 22.4. The van der Waals surface area contributed by atoms with E-state index in [1.807, 2.05) is 6.08 Å². The smallest absolute Gasteiger partial charge is 0.459 e. The third kappa shape index (κ3) is 7.44.